The van der Waals surface area contributed by atoms with Crippen LogP contribution in [0.3, 0.4) is 0 Å². The molecule has 0 radical (unpaired) electrons. The maximum absolute atomic E-state index is 8.95. The van der Waals surface area contributed by atoms with E-state index < -0.39 is 0 Å². The van der Waals surface area contributed by atoms with Gasteiger partial charge in [-0.15, -0.1) is 0 Å². The van der Waals surface area contributed by atoms with Gasteiger partial charge in [0.15, 0.2) is 0 Å². The van der Waals surface area contributed by atoms with Gasteiger partial charge in [-0.3, -0.25) is 0 Å². The minimum absolute atomic E-state index is 0.287. The second-order valence-electron chi connectivity index (χ2n) is 3.75. The quantitative estimate of drug-likeness (QED) is 0.645. The summed E-state index contributed by atoms with van der Waals surface area (Å²) in [5.74, 6) is 0.404. The Morgan fingerprint density at radius 3 is 3.00 bits per heavy atom. The first-order valence-corrected chi connectivity index (χ1v) is 5.30. The van der Waals surface area contributed by atoms with Crippen molar-refractivity contribution in [2.24, 2.45) is 5.92 Å². The zero-order valence-corrected chi connectivity index (χ0v) is 8.46. The Bertz CT molecular complexity index is 118. The first-order valence-electron chi connectivity index (χ1n) is 5.30. The summed E-state index contributed by atoms with van der Waals surface area (Å²) in [6.07, 6.45) is 3.83. The molecule has 1 aliphatic heterocycles. The third-order valence-corrected chi connectivity index (χ3v) is 2.66. The molecule has 2 atom stereocenters. The summed E-state index contributed by atoms with van der Waals surface area (Å²) in [4.78, 5) is 0. The summed E-state index contributed by atoms with van der Waals surface area (Å²) in [5, 5.41) is 12.3. The van der Waals surface area contributed by atoms with E-state index in [1.54, 1.807) is 0 Å². The summed E-state index contributed by atoms with van der Waals surface area (Å²) < 4.78 is 5.48. The average molecular weight is 187 g/mol. The molecule has 0 aromatic carbocycles. The fraction of sp³-hybridized carbons (Fsp3) is 1.00. The molecular weight excluding hydrogens is 166 g/mol. The van der Waals surface area contributed by atoms with Gasteiger partial charge in [-0.2, -0.15) is 0 Å². The van der Waals surface area contributed by atoms with Gasteiger partial charge in [-0.25, -0.2) is 0 Å². The van der Waals surface area contributed by atoms with E-state index in [2.05, 4.69) is 12.2 Å². The smallest absolute Gasteiger partial charge is 0.0700 e. The summed E-state index contributed by atoms with van der Waals surface area (Å²) in [6.45, 7) is 5.16. The van der Waals surface area contributed by atoms with Crippen molar-refractivity contribution in [3.05, 3.63) is 0 Å². The monoisotopic (exact) mass is 187 g/mol. The first kappa shape index (κ1) is 11.0. The highest BCUT2D eigenvalue weighted by atomic mass is 16.5. The highest BCUT2D eigenvalue weighted by Crippen LogP contribution is 2.10. The van der Waals surface area contributed by atoms with E-state index in [1.807, 2.05) is 0 Å². The second-order valence-corrected chi connectivity index (χ2v) is 3.75. The normalized spacial score (nSPS) is 24.9. The number of aliphatic hydroxyl groups excluding tert-OH is 1. The fourth-order valence-corrected chi connectivity index (χ4v) is 1.59. The lowest BCUT2D eigenvalue weighted by molar-refractivity contribution is 0.107. The Morgan fingerprint density at radius 1 is 1.62 bits per heavy atom. The standard InChI is InChI=1S/C10H21NO2/c1-2-9(8-12)6-11-7-10-4-3-5-13-10/h9-12H,2-8H2,1H3. The molecule has 1 aliphatic rings. The van der Waals surface area contributed by atoms with Gasteiger partial charge in [0.1, 0.15) is 0 Å². The second kappa shape index (κ2) is 6.35. The Kier molecular flexibility index (Phi) is 5.35. The van der Waals surface area contributed by atoms with E-state index in [1.165, 1.54) is 12.8 Å². The maximum atomic E-state index is 8.95. The van der Waals surface area contributed by atoms with Gasteiger partial charge in [0.25, 0.3) is 0 Å². The number of aliphatic hydroxyl groups is 1. The van der Waals surface area contributed by atoms with Gasteiger partial charge in [0, 0.05) is 26.3 Å². The van der Waals surface area contributed by atoms with Crippen LogP contribution in [0.5, 0.6) is 0 Å². The zero-order chi connectivity index (χ0) is 9.52. The molecule has 13 heavy (non-hydrogen) atoms. The lowest BCUT2D eigenvalue weighted by atomic mass is 10.1. The molecule has 3 heteroatoms. The van der Waals surface area contributed by atoms with Crippen LogP contribution in [0.4, 0.5) is 0 Å². The molecule has 0 aromatic rings. The Labute approximate surface area is 80.5 Å². The maximum Gasteiger partial charge on any atom is 0.0700 e. The van der Waals surface area contributed by atoms with Crippen LogP contribution < -0.4 is 5.32 Å². The van der Waals surface area contributed by atoms with E-state index in [0.29, 0.717) is 12.0 Å². The topological polar surface area (TPSA) is 41.5 Å². The van der Waals surface area contributed by atoms with Gasteiger partial charge in [-0.1, -0.05) is 6.92 Å². The fourth-order valence-electron chi connectivity index (χ4n) is 1.59. The van der Waals surface area contributed by atoms with Crippen LogP contribution in [0.15, 0.2) is 0 Å². The van der Waals surface area contributed by atoms with E-state index >= 15 is 0 Å². The Morgan fingerprint density at radius 2 is 2.46 bits per heavy atom. The average Bonchev–Trinajstić information content (AvgIpc) is 2.65. The number of ether oxygens (including phenoxy) is 1. The number of hydrogen-bond acceptors (Lipinski definition) is 3. The third-order valence-electron chi connectivity index (χ3n) is 2.66. The molecular formula is C10H21NO2. The van der Waals surface area contributed by atoms with Crippen LogP contribution in [0.25, 0.3) is 0 Å². The van der Waals surface area contributed by atoms with Crippen molar-refractivity contribution in [3.63, 3.8) is 0 Å². The molecule has 0 aromatic heterocycles. The molecule has 2 N–H and O–H groups in total. The highest BCUT2D eigenvalue weighted by Gasteiger charge is 2.15. The van der Waals surface area contributed by atoms with Gasteiger partial charge in [0.05, 0.1) is 6.10 Å². The molecule has 1 heterocycles. The van der Waals surface area contributed by atoms with Gasteiger partial charge in [0.2, 0.25) is 0 Å². The number of nitrogens with one attached hydrogen (secondary N) is 1. The van der Waals surface area contributed by atoms with Crippen molar-refractivity contribution < 1.29 is 9.84 Å². The predicted molar refractivity (Wildman–Crippen MR) is 52.7 cm³/mol. The lowest BCUT2D eigenvalue weighted by Gasteiger charge is -2.15. The number of rotatable bonds is 6. The van der Waals surface area contributed by atoms with Crippen LogP contribution in [-0.4, -0.2) is 37.5 Å². The molecule has 0 bridgehead atoms. The molecule has 1 fully saturated rings. The molecule has 0 amide bonds. The van der Waals surface area contributed by atoms with E-state index in [-0.39, 0.29) is 6.61 Å². The minimum atomic E-state index is 0.287. The van der Waals surface area contributed by atoms with Gasteiger partial charge < -0.3 is 15.2 Å². The van der Waals surface area contributed by atoms with E-state index in [9.17, 15) is 0 Å². The van der Waals surface area contributed by atoms with Crippen LogP contribution in [0, 0.1) is 5.92 Å². The third kappa shape index (κ3) is 4.07. The van der Waals surface area contributed by atoms with Crippen molar-refractivity contribution in [3.8, 4) is 0 Å². The van der Waals surface area contributed by atoms with Gasteiger partial charge in [-0.05, 0) is 25.2 Å². The summed E-state index contributed by atoms with van der Waals surface area (Å²) in [7, 11) is 0. The molecule has 0 spiro atoms. The van der Waals surface area contributed by atoms with Crippen molar-refractivity contribution in [2.45, 2.75) is 32.3 Å². The first-order chi connectivity index (χ1) is 6.36. The van der Waals surface area contributed by atoms with Crippen molar-refractivity contribution in [1.82, 2.24) is 5.32 Å². The van der Waals surface area contributed by atoms with E-state index in [4.69, 9.17) is 9.84 Å². The Balaban J connectivity index is 1.98. The predicted octanol–water partition coefficient (Wildman–Crippen LogP) is 0.773. The van der Waals surface area contributed by atoms with Crippen molar-refractivity contribution in [1.29, 1.82) is 0 Å². The van der Waals surface area contributed by atoms with Crippen LogP contribution in [-0.2, 0) is 4.74 Å². The van der Waals surface area contributed by atoms with Crippen LogP contribution in [0.1, 0.15) is 26.2 Å². The van der Waals surface area contributed by atoms with Gasteiger partial charge >= 0.3 is 0 Å². The lowest BCUT2D eigenvalue weighted by Crippen LogP contribution is -2.31. The molecule has 0 saturated carbocycles. The number of hydrogen-bond donors (Lipinski definition) is 2. The van der Waals surface area contributed by atoms with Crippen LogP contribution in [0.2, 0.25) is 0 Å². The minimum Gasteiger partial charge on any atom is -0.396 e. The van der Waals surface area contributed by atoms with Crippen molar-refractivity contribution in [2.75, 3.05) is 26.3 Å². The highest BCUT2D eigenvalue weighted by molar-refractivity contribution is 4.68. The molecule has 2 unspecified atom stereocenters. The summed E-state index contributed by atoms with van der Waals surface area (Å²) in [6, 6.07) is 0. The molecule has 1 rings (SSSR count). The van der Waals surface area contributed by atoms with Crippen LogP contribution >= 0.6 is 0 Å². The molecule has 1 saturated heterocycles. The summed E-state index contributed by atoms with van der Waals surface area (Å²) >= 11 is 0. The largest absolute Gasteiger partial charge is 0.396 e. The SMILES string of the molecule is CCC(CO)CNCC1CCCO1. The molecule has 0 aliphatic carbocycles. The molecule has 3 nitrogen and oxygen atoms in total. The Hall–Kier alpha value is -0.120. The molecule has 78 valence electrons. The summed E-state index contributed by atoms with van der Waals surface area (Å²) in [5.41, 5.74) is 0. The van der Waals surface area contributed by atoms with E-state index in [0.717, 1.165) is 26.1 Å². The zero-order valence-electron chi connectivity index (χ0n) is 8.46. The van der Waals surface area contributed by atoms with Crippen molar-refractivity contribution >= 4 is 0 Å².